The van der Waals surface area contributed by atoms with E-state index < -0.39 is 0 Å². The predicted molar refractivity (Wildman–Crippen MR) is 56.1 cm³/mol. The van der Waals surface area contributed by atoms with Crippen molar-refractivity contribution in [1.29, 1.82) is 0 Å². The Morgan fingerprint density at radius 3 is 3.08 bits per heavy atom. The van der Waals surface area contributed by atoms with Gasteiger partial charge >= 0.3 is 5.97 Å². The van der Waals surface area contributed by atoms with Gasteiger partial charge in [-0.1, -0.05) is 0 Å². The quantitative estimate of drug-likeness (QED) is 0.619. The Morgan fingerprint density at radius 2 is 2.54 bits per heavy atom. The van der Waals surface area contributed by atoms with E-state index >= 15 is 0 Å². The van der Waals surface area contributed by atoms with Crippen LogP contribution in [0.3, 0.4) is 0 Å². The number of thioether (sulfide) groups is 1. The van der Waals surface area contributed by atoms with Gasteiger partial charge in [-0.05, 0) is 11.4 Å². The largest absolute Gasteiger partial charge is 0.469 e. The zero-order chi connectivity index (χ0) is 9.68. The first-order valence-corrected chi connectivity index (χ1v) is 5.63. The number of rotatable bonds is 4. The first kappa shape index (κ1) is 10.4. The molecule has 0 radical (unpaired) electrons. The molecule has 0 amide bonds. The lowest BCUT2D eigenvalue weighted by atomic mass is 10.5. The van der Waals surface area contributed by atoms with Crippen molar-refractivity contribution in [3.05, 3.63) is 11.4 Å². The van der Waals surface area contributed by atoms with Crippen LogP contribution in [0.4, 0.5) is 5.69 Å². The van der Waals surface area contributed by atoms with Crippen LogP contribution in [0, 0.1) is 0 Å². The molecule has 2 N–H and O–H groups in total. The highest BCUT2D eigenvalue weighted by molar-refractivity contribution is 8.01. The average Bonchev–Trinajstić information content (AvgIpc) is 2.52. The zero-order valence-corrected chi connectivity index (χ0v) is 8.91. The van der Waals surface area contributed by atoms with Gasteiger partial charge in [0.15, 0.2) is 0 Å². The molecule has 0 bridgehead atoms. The Kier molecular flexibility index (Phi) is 4.11. The highest BCUT2D eigenvalue weighted by Gasteiger charge is 2.03. The Labute approximate surface area is 85.3 Å². The zero-order valence-electron chi connectivity index (χ0n) is 7.28. The van der Waals surface area contributed by atoms with E-state index in [0.717, 1.165) is 15.6 Å². The van der Waals surface area contributed by atoms with E-state index in [1.165, 1.54) is 7.11 Å². The number of nitrogens with two attached hydrogens (primary N) is 1. The fourth-order valence-corrected chi connectivity index (χ4v) is 2.67. The number of methoxy groups -OCH3 is 1. The van der Waals surface area contributed by atoms with Crippen molar-refractivity contribution in [2.45, 2.75) is 10.6 Å². The molecule has 1 rings (SSSR count). The third-order valence-electron chi connectivity index (χ3n) is 1.43. The van der Waals surface area contributed by atoms with E-state index in [2.05, 4.69) is 4.74 Å². The lowest BCUT2D eigenvalue weighted by Gasteiger charge is -1.98. The minimum atomic E-state index is -0.178. The lowest BCUT2D eigenvalue weighted by molar-refractivity contribution is -0.140. The number of hydrogen-bond acceptors (Lipinski definition) is 5. The van der Waals surface area contributed by atoms with E-state index in [0.29, 0.717) is 6.42 Å². The van der Waals surface area contributed by atoms with Crippen molar-refractivity contribution < 1.29 is 9.53 Å². The Hall–Kier alpha value is -0.680. The van der Waals surface area contributed by atoms with E-state index in [4.69, 9.17) is 5.73 Å². The number of carbonyl (C=O) groups is 1. The molecule has 1 aromatic heterocycles. The number of carbonyl (C=O) groups excluding carboxylic acids is 1. The molecular weight excluding hydrogens is 206 g/mol. The first-order chi connectivity index (χ1) is 6.24. The highest BCUT2D eigenvalue weighted by Crippen LogP contribution is 2.30. The molecule has 0 fully saturated rings. The van der Waals surface area contributed by atoms with Crippen molar-refractivity contribution in [2.24, 2.45) is 0 Å². The van der Waals surface area contributed by atoms with Crippen LogP contribution >= 0.6 is 23.1 Å². The molecule has 13 heavy (non-hydrogen) atoms. The number of nitrogen functional groups attached to an aromatic ring is 1. The SMILES string of the molecule is COC(=O)CCSc1sccc1N. The summed E-state index contributed by atoms with van der Waals surface area (Å²) in [7, 11) is 1.40. The summed E-state index contributed by atoms with van der Waals surface area (Å²) < 4.78 is 5.59. The fraction of sp³-hybridized carbons (Fsp3) is 0.375. The molecule has 0 spiro atoms. The molecule has 0 aliphatic carbocycles. The predicted octanol–water partition coefficient (Wildman–Crippen LogP) is 1.99. The van der Waals surface area contributed by atoms with Crippen molar-refractivity contribution in [3.8, 4) is 0 Å². The molecule has 1 aromatic rings. The van der Waals surface area contributed by atoms with Gasteiger partial charge in [0, 0.05) is 5.75 Å². The van der Waals surface area contributed by atoms with E-state index in [1.54, 1.807) is 23.1 Å². The van der Waals surface area contributed by atoms with Gasteiger partial charge in [0.2, 0.25) is 0 Å². The smallest absolute Gasteiger partial charge is 0.306 e. The van der Waals surface area contributed by atoms with Crippen LogP contribution in [0.15, 0.2) is 15.7 Å². The van der Waals surface area contributed by atoms with Gasteiger partial charge in [-0.2, -0.15) is 0 Å². The van der Waals surface area contributed by atoms with Crippen LogP contribution in [0.1, 0.15) is 6.42 Å². The summed E-state index contributed by atoms with van der Waals surface area (Å²) in [5.74, 6) is 0.542. The van der Waals surface area contributed by atoms with Gasteiger partial charge in [-0.3, -0.25) is 4.79 Å². The molecular formula is C8H11NO2S2. The Morgan fingerprint density at radius 1 is 1.77 bits per heavy atom. The van der Waals surface area contributed by atoms with Crippen LogP contribution < -0.4 is 5.73 Å². The Balaban J connectivity index is 2.28. The van der Waals surface area contributed by atoms with Crippen LogP contribution in [-0.4, -0.2) is 18.8 Å². The summed E-state index contributed by atoms with van der Waals surface area (Å²) >= 11 is 3.18. The maximum absolute atomic E-state index is 10.8. The van der Waals surface area contributed by atoms with Crippen LogP contribution in [0.25, 0.3) is 0 Å². The van der Waals surface area contributed by atoms with Crippen LogP contribution in [-0.2, 0) is 9.53 Å². The fourth-order valence-electron chi connectivity index (χ4n) is 0.752. The number of thiophene rings is 1. The maximum Gasteiger partial charge on any atom is 0.306 e. The summed E-state index contributed by atoms with van der Waals surface area (Å²) in [4.78, 5) is 10.8. The van der Waals surface area contributed by atoms with Gasteiger partial charge in [-0.15, -0.1) is 23.1 Å². The lowest BCUT2D eigenvalue weighted by Crippen LogP contribution is -2.00. The van der Waals surface area contributed by atoms with Crippen molar-refractivity contribution in [1.82, 2.24) is 0 Å². The molecule has 0 atom stereocenters. The van der Waals surface area contributed by atoms with Crippen molar-refractivity contribution in [3.63, 3.8) is 0 Å². The molecule has 5 heteroatoms. The molecule has 0 saturated heterocycles. The topological polar surface area (TPSA) is 52.3 Å². The molecule has 72 valence electrons. The summed E-state index contributed by atoms with van der Waals surface area (Å²) in [5.41, 5.74) is 6.45. The number of anilines is 1. The Bertz CT molecular complexity index is 285. The summed E-state index contributed by atoms with van der Waals surface area (Å²) in [6.07, 6.45) is 0.429. The molecule has 3 nitrogen and oxygen atoms in total. The third kappa shape index (κ3) is 3.28. The highest BCUT2D eigenvalue weighted by atomic mass is 32.2. The molecule has 0 aliphatic rings. The van der Waals surface area contributed by atoms with Gasteiger partial charge in [0.1, 0.15) is 0 Å². The van der Waals surface area contributed by atoms with Gasteiger partial charge in [0.25, 0.3) is 0 Å². The number of hydrogen-bond donors (Lipinski definition) is 1. The molecule has 1 heterocycles. The van der Waals surface area contributed by atoms with Gasteiger partial charge < -0.3 is 10.5 Å². The van der Waals surface area contributed by atoms with Crippen molar-refractivity contribution >= 4 is 34.8 Å². The minimum absolute atomic E-state index is 0.178. The standard InChI is InChI=1S/C8H11NO2S2/c1-11-7(10)3-5-13-8-6(9)2-4-12-8/h2,4H,3,5,9H2,1H3. The molecule has 0 aliphatic heterocycles. The first-order valence-electron chi connectivity index (χ1n) is 3.76. The second-order valence-electron chi connectivity index (χ2n) is 2.34. The summed E-state index contributed by atoms with van der Waals surface area (Å²) in [5, 5.41) is 1.94. The molecule has 0 saturated carbocycles. The summed E-state index contributed by atoms with van der Waals surface area (Å²) in [6, 6.07) is 1.87. The van der Waals surface area contributed by atoms with Crippen LogP contribution in [0.2, 0.25) is 0 Å². The monoisotopic (exact) mass is 217 g/mol. The van der Waals surface area contributed by atoms with E-state index in [-0.39, 0.29) is 5.97 Å². The van der Waals surface area contributed by atoms with Gasteiger partial charge in [-0.25, -0.2) is 0 Å². The van der Waals surface area contributed by atoms with Gasteiger partial charge in [0.05, 0.1) is 23.4 Å². The second-order valence-corrected chi connectivity index (χ2v) is 4.62. The van der Waals surface area contributed by atoms with Crippen molar-refractivity contribution in [2.75, 3.05) is 18.6 Å². The van der Waals surface area contributed by atoms with E-state index in [1.807, 2.05) is 11.4 Å². The normalized spacial score (nSPS) is 9.92. The maximum atomic E-state index is 10.8. The molecule has 0 aromatic carbocycles. The average molecular weight is 217 g/mol. The third-order valence-corrected chi connectivity index (χ3v) is 3.70. The van der Waals surface area contributed by atoms with E-state index in [9.17, 15) is 4.79 Å². The van der Waals surface area contributed by atoms with Crippen LogP contribution in [0.5, 0.6) is 0 Å². The second kappa shape index (κ2) is 5.14. The number of esters is 1. The number of ether oxygens (including phenoxy) is 1. The minimum Gasteiger partial charge on any atom is -0.469 e. The summed E-state index contributed by atoms with van der Waals surface area (Å²) in [6.45, 7) is 0. The molecule has 0 unspecified atom stereocenters.